The number of alkyl halides is 1. The highest BCUT2D eigenvalue weighted by Gasteiger charge is 2.13. The van der Waals surface area contributed by atoms with Crippen LogP contribution in [0.5, 0.6) is 0 Å². The summed E-state index contributed by atoms with van der Waals surface area (Å²) in [4.78, 5) is 1.53. The molecule has 0 spiro atoms. The standard InChI is InChI=1S/C12H8Br3ClS/c13-8-3-1-2-7(4-8)5-9(14)11-6-10(15)12(16)17-11/h1-4,6,9H,5H2. The van der Waals surface area contributed by atoms with Gasteiger partial charge in [0.15, 0.2) is 0 Å². The molecular weight excluding hydrogens is 451 g/mol. The van der Waals surface area contributed by atoms with E-state index in [0.29, 0.717) is 4.83 Å². The first-order chi connectivity index (χ1) is 8.06. The van der Waals surface area contributed by atoms with Crippen LogP contribution in [-0.2, 0) is 6.42 Å². The fourth-order valence-corrected chi connectivity index (χ4v) is 4.44. The van der Waals surface area contributed by atoms with Crippen LogP contribution >= 0.6 is 70.7 Å². The molecule has 1 aromatic heterocycles. The van der Waals surface area contributed by atoms with Gasteiger partial charge in [0.05, 0.1) is 4.83 Å². The third-order valence-corrected chi connectivity index (χ3v) is 6.48. The van der Waals surface area contributed by atoms with Crippen molar-refractivity contribution >= 4 is 70.7 Å². The van der Waals surface area contributed by atoms with Gasteiger partial charge in [-0.15, -0.1) is 11.3 Å². The molecule has 17 heavy (non-hydrogen) atoms. The van der Waals surface area contributed by atoms with Gasteiger partial charge in [0.2, 0.25) is 0 Å². The fraction of sp³-hybridized carbons (Fsp3) is 0.167. The Balaban J connectivity index is 2.14. The number of halogens is 4. The van der Waals surface area contributed by atoms with E-state index in [1.54, 1.807) is 11.3 Å². The topological polar surface area (TPSA) is 0 Å². The van der Waals surface area contributed by atoms with E-state index in [9.17, 15) is 0 Å². The van der Waals surface area contributed by atoms with Crippen LogP contribution in [0.1, 0.15) is 15.3 Å². The normalized spacial score (nSPS) is 12.7. The molecule has 0 fully saturated rings. The van der Waals surface area contributed by atoms with E-state index in [0.717, 1.165) is 19.7 Å². The highest BCUT2D eigenvalue weighted by molar-refractivity contribution is 9.11. The molecule has 1 heterocycles. The van der Waals surface area contributed by atoms with E-state index in [-0.39, 0.29) is 0 Å². The van der Waals surface area contributed by atoms with E-state index >= 15 is 0 Å². The third-order valence-electron chi connectivity index (χ3n) is 2.28. The van der Waals surface area contributed by atoms with Crippen molar-refractivity contribution in [3.8, 4) is 0 Å². The molecule has 0 nitrogen and oxygen atoms in total. The predicted molar refractivity (Wildman–Crippen MR) is 86.5 cm³/mol. The van der Waals surface area contributed by atoms with Gasteiger partial charge in [-0.2, -0.15) is 0 Å². The van der Waals surface area contributed by atoms with Gasteiger partial charge in [0.1, 0.15) is 4.34 Å². The molecule has 1 aromatic carbocycles. The summed E-state index contributed by atoms with van der Waals surface area (Å²) in [6.07, 6.45) is 0.947. The lowest BCUT2D eigenvalue weighted by atomic mass is 10.1. The molecule has 0 radical (unpaired) electrons. The van der Waals surface area contributed by atoms with Crippen molar-refractivity contribution in [2.24, 2.45) is 0 Å². The van der Waals surface area contributed by atoms with Crippen LogP contribution in [0.25, 0.3) is 0 Å². The van der Waals surface area contributed by atoms with Gasteiger partial charge in [-0.25, -0.2) is 0 Å². The van der Waals surface area contributed by atoms with Crippen molar-refractivity contribution in [1.82, 2.24) is 0 Å². The summed E-state index contributed by atoms with van der Waals surface area (Å²) in [6, 6.07) is 10.4. The Morgan fingerprint density at radius 1 is 1.24 bits per heavy atom. The second-order valence-corrected chi connectivity index (χ2v) is 8.13. The first-order valence-electron chi connectivity index (χ1n) is 4.89. The van der Waals surface area contributed by atoms with Crippen molar-refractivity contribution in [1.29, 1.82) is 0 Å². The first-order valence-corrected chi connectivity index (χ1v) is 8.59. The Morgan fingerprint density at radius 3 is 2.59 bits per heavy atom. The van der Waals surface area contributed by atoms with Crippen LogP contribution in [0.3, 0.4) is 0 Å². The lowest BCUT2D eigenvalue weighted by Crippen LogP contribution is -1.92. The molecule has 0 saturated carbocycles. The Hall–Kier alpha value is 0.650. The quantitative estimate of drug-likeness (QED) is 0.454. The zero-order valence-corrected chi connectivity index (χ0v) is 14.9. The Kier molecular flexibility index (Phi) is 5.13. The van der Waals surface area contributed by atoms with Crippen molar-refractivity contribution in [3.63, 3.8) is 0 Å². The van der Waals surface area contributed by atoms with Crippen LogP contribution in [0.2, 0.25) is 4.34 Å². The molecule has 90 valence electrons. The Morgan fingerprint density at radius 2 is 2.00 bits per heavy atom. The predicted octanol–water partition coefficient (Wildman–Crippen LogP) is 6.61. The number of benzene rings is 1. The van der Waals surface area contributed by atoms with Crippen molar-refractivity contribution < 1.29 is 0 Å². The molecule has 1 atom stereocenters. The molecule has 0 amide bonds. The molecule has 0 aliphatic rings. The van der Waals surface area contributed by atoms with E-state index in [1.165, 1.54) is 10.4 Å². The smallest absolute Gasteiger partial charge is 0.107 e. The van der Waals surface area contributed by atoms with Gasteiger partial charge in [-0.1, -0.05) is 55.6 Å². The number of rotatable bonds is 3. The number of thiophene rings is 1. The van der Waals surface area contributed by atoms with Gasteiger partial charge in [-0.3, -0.25) is 0 Å². The molecule has 0 aliphatic carbocycles. The molecule has 0 saturated heterocycles. The maximum Gasteiger partial charge on any atom is 0.107 e. The Bertz CT molecular complexity index is 505. The maximum absolute atomic E-state index is 6.04. The molecule has 0 bridgehead atoms. The molecule has 2 rings (SSSR count). The molecule has 0 N–H and O–H groups in total. The SMILES string of the molecule is Clc1sc(C(Br)Cc2cccc(Br)c2)cc1Br. The van der Waals surface area contributed by atoms with Gasteiger partial charge >= 0.3 is 0 Å². The van der Waals surface area contributed by atoms with Gasteiger partial charge in [0, 0.05) is 13.8 Å². The van der Waals surface area contributed by atoms with Crippen LogP contribution in [-0.4, -0.2) is 0 Å². The lowest BCUT2D eigenvalue weighted by Gasteiger charge is -2.07. The van der Waals surface area contributed by atoms with Crippen molar-refractivity contribution in [3.05, 3.63) is 54.1 Å². The van der Waals surface area contributed by atoms with Gasteiger partial charge in [-0.05, 0) is 46.1 Å². The van der Waals surface area contributed by atoms with E-state index in [1.807, 2.05) is 6.07 Å². The van der Waals surface area contributed by atoms with Gasteiger partial charge in [0.25, 0.3) is 0 Å². The van der Waals surface area contributed by atoms with Crippen molar-refractivity contribution in [2.45, 2.75) is 11.2 Å². The van der Waals surface area contributed by atoms with Crippen LogP contribution in [0.15, 0.2) is 39.3 Å². The van der Waals surface area contributed by atoms with E-state index < -0.39 is 0 Å². The summed E-state index contributed by atoms with van der Waals surface area (Å²) in [5, 5.41) is 0. The minimum atomic E-state index is 0.297. The largest absolute Gasteiger partial charge is 0.126 e. The van der Waals surface area contributed by atoms with Crippen molar-refractivity contribution in [2.75, 3.05) is 0 Å². The van der Waals surface area contributed by atoms with Gasteiger partial charge < -0.3 is 0 Å². The van der Waals surface area contributed by atoms with E-state index in [2.05, 4.69) is 72.1 Å². The average molecular weight is 459 g/mol. The number of hydrogen-bond donors (Lipinski definition) is 0. The highest BCUT2D eigenvalue weighted by atomic mass is 79.9. The van der Waals surface area contributed by atoms with Crippen LogP contribution in [0.4, 0.5) is 0 Å². The summed E-state index contributed by atoms with van der Waals surface area (Å²) in [5.41, 5.74) is 1.29. The maximum atomic E-state index is 6.04. The number of hydrogen-bond acceptors (Lipinski definition) is 1. The second kappa shape index (κ2) is 6.20. The molecular formula is C12H8Br3ClS. The third kappa shape index (κ3) is 3.80. The summed E-state index contributed by atoms with van der Waals surface area (Å²) >= 11 is 18.3. The zero-order valence-electron chi connectivity index (χ0n) is 8.59. The monoisotopic (exact) mass is 456 g/mol. The summed E-state index contributed by atoms with van der Waals surface area (Å²) in [6.45, 7) is 0. The van der Waals surface area contributed by atoms with E-state index in [4.69, 9.17) is 11.6 Å². The summed E-state index contributed by atoms with van der Waals surface area (Å²) in [5.74, 6) is 0. The molecule has 0 aliphatic heterocycles. The first kappa shape index (κ1) is 14.1. The zero-order chi connectivity index (χ0) is 12.4. The summed E-state index contributed by atoms with van der Waals surface area (Å²) in [7, 11) is 0. The fourth-order valence-electron chi connectivity index (χ4n) is 1.49. The minimum absolute atomic E-state index is 0.297. The van der Waals surface area contributed by atoms with Crippen LogP contribution in [0, 0.1) is 0 Å². The Labute approximate surface area is 135 Å². The lowest BCUT2D eigenvalue weighted by molar-refractivity contribution is 0.968. The summed E-state index contributed by atoms with van der Waals surface area (Å²) < 4.78 is 2.89. The van der Waals surface area contributed by atoms with Crippen LogP contribution < -0.4 is 0 Å². The molecule has 1 unspecified atom stereocenters. The minimum Gasteiger partial charge on any atom is -0.126 e. The molecule has 2 aromatic rings. The molecule has 5 heteroatoms. The average Bonchev–Trinajstić information content (AvgIpc) is 2.59. The second-order valence-electron chi connectivity index (χ2n) is 3.57. The highest BCUT2D eigenvalue weighted by Crippen LogP contribution is 2.39.